The van der Waals surface area contributed by atoms with Gasteiger partial charge in [-0.3, -0.25) is 4.68 Å². The lowest BCUT2D eigenvalue weighted by Crippen LogP contribution is -2.40. The first-order valence-electron chi connectivity index (χ1n) is 10.3. The molecule has 3 aromatic rings. The number of carbonyl (C=O) groups is 1. The summed E-state index contributed by atoms with van der Waals surface area (Å²) in [5, 5.41) is 9.48. The molecule has 1 aromatic carbocycles. The highest BCUT2D eigenvalue weighted by atomic mass is 19.1. The minimum atomic E-state index is -0.634. The predicted molar refractivity (Wildman–Crippen MR) is 114 cm³/mol. The van der Waals surface area contributed by atoms with E-state index in [1.807, 2.05) is 29.1 Å². The van der Waals surface area contributed by atoms with E-state index in [9.17, 15) is 9.18 Å². The lowest BCUT2D eigenvalue weighted by Gasteiger charge is -2.29. The van der Waals surface area contributed by atoms with Gasteiger partial charge in [-0.2, -0.15) is 10.1 Å². The van der Waals surface area contributed by atoms with Crippen LogP contribution in [0, 0.1) is 0 Å². The van der Waals surface area contributed by atoms with Gasteiger partial charge in [0.2, 0.25) is 5.82 Å². The first kappa shape index (κ1) is 21.0. The molecule has 9 heteroatoms. The molecule has 0 saturated carbocycles. The van der Waals surface area contributed by atoms with Crippen LogP contribution in [0.25, 0.3) is 27.9 Å². The molecular weight excluding hydrogens is 401 g/mol. The molecule has 1 amide bonds. The van der Waals surface area contributed by atoms with Crippen molar-refractivity contribution < 1.29 is 18.4 Å². The molecule has 0 N–H and O–H groups in total. The van der Waals surface area contributed by atoms with Crippen LogP contribution in [0.5, 0.6) is 0 Å². The summed E-state index contributed by atoms with van der Waals surface area (Å²) in [4.78, 5) is 18.0. The topological polar surface area (TPSA) is 86.3 Å². The van der Waals surface area contributed by atoms with Crippen LogP contribution in [0.2, 0.25) is 0 Å². The fourth-order valence-electron chi connectivity index (χ4n) is 3.48. The van der Waals surface area contributed by atoms with Gasteiger partial charge in [-0.15, -0.1) is 0 Å². The van der Waals surface area contributed by atoms with E-state index in [1.165, 1.54) is 4.90 Å². The number of ether oxygens (including phenoxy) is 1. The van der Waals surface area contributed by atoms with Crippen LogP contribution in [0.3, 0.4) is 0 Å². The Labute approximate surface area is 179 Å². The molecule has 0 spiro atoms. The number of fused-ring (bicyclic) bond motifs is 1. The van der Waals surface area contributed by atoms with E-state index in [0.29, 0.717) is 17.9 Å². The van der Waals surface area contributed by atoms with Crippen LogP contribution in [0.1, 0.15) is 53.0 Å². The van der Waals surface area contributed by atoms with Crippen LogP contribution >= 0.6 is 0 Å². The highest BCUT2D eigenvalue weighted by molar-refractivity contribution is 5.83. The lowest BCUT2D eigenvalue weighted by atomic mass is 10.1. The van der Waals surface area contributed by atoms with Gasteiger partial charge in [-0.1, -0.05) is 17.3 Å². The maximum absolute atomic E-state index is 14.8. The summed E-state index contributed by atoms with van der Waals surface area (Å²) in [6, 6.07) is 6.00. The third-order valence-electron chi connectivity index (χ3n) is 4.97. The molecule has 31 heavy (non-hydrogen) atoms. The molecule has 1 aliphatic heterocycles. The summed E-state index contributed by atoms with van der Waals surface area (Å²) in [5.41, 5.74) is 1.42. The molecule has 0 aliphatic carbocycles. The van der Waals surface area contributed by atoms with E-state index in [0.717, 1.165) is 16.5 Å². The van der Waals surface area contributed by atoms with E-state index in [-0.39, 0.29) is 24.9 Å². The highest BCUT2D eigenvalue weighted by Gasteiger charge is 2.30. The minimum absolute atomic E-state index is 0.133. The van der Waals surface area contributed by atoms with E-state index < -0.39 is 17.5 Å². The third kappa shape index (κ3) is 4.30. The van der Waals surface area contributed by atoms with Crippen molar-refractivity contribution in [3.05, 3.63) is 36.1 Å². The van der Waals surface area contributed by atoms with E-state index in [4.69, 9.17) is 9.26 Å². The summed E-state index contributed by atoms with van der Waals surface area (Å²) in [5.74, 6) is 0.0396. The smallest absolute Gasteiger partial charge is 0.410 e. The number of halogens is 1. The Morgan fingerprint density at radius 1 is 1.29 bits per heavy atom. The van der Waals surface area contributed by atoms with Crippen LogP contribution in [-0.4, -0.2) is 49.6 Å². The van der Waals surface area contributed by atoms with Crippen molar-refractivity contribution in [1.29, 1.82) is 0 Å². The largest absolute Gasteiger partial charge is 0.444 e. The monoisotopic (exact) mass is 427 g/mol. The Balaban J connectivity index is 1.56. The molecule has 0 saturated heterocycles. The number of aromatic nitrogens is 4. The molecular formula is C22H26FN5O3. The summed E-state index contributed by atoms with van der Waals surface area (Å²) >= 11 is 0. The van der Waals surface area contributed by atoms with Gasteiger partial charge in [-0.25, -0.2) is 9.18 Å². The second-order valence-corrected chi connectivity index (χ2v) is 8.91. The molecule has 8 nitrogen and oxygen atoms in total. The lowest BCUT2D eigenvalue weighted by molar-refractivity contribution is 0.0253. The Morgan fingerprint density at radius 3 is 2.74 bits per heavy atom. The van der Waals surface area contributed by atoms with Gasteiger partial charge in [0, 0.05) is 23.5 Å². The van der Waals surface area contributed by atoms with Gasteiger partial charge >= 0.3 is 6.09 Å². The van der Waals surface area contributed by atoms with E-state index in [1.54, 1.807) is 20.8 Å². The minimum Gasteiger partial charge on any atom is -0.444 e. The van der Waals surface area contributed by atoms with E-state index in [2.05, 4.69) is 29.1 Å². The van der Waals surface area contributed by atoms with Crippen molar-refractivity contribution in [2.45, 2.75) is 52.7 Å². The molecule has 0 bridgehead atoms. The normalized spacial score (nSPS) is 15.3. The van der Waals surface area contributed by atoms with Crippen LogP contribution < -0.4 is 0 Å². The second-order valence-electron chi connectivity index (χ2n) is 8.91. The molecule has 0 radical (unpaired) electrons. The van der Waals surface area contributed by atoms with Crippen LogP contribution in [0.4, 0.5) is 9.18 Å². The summed E-state index contributed by atoms with van der Waals surface area (Å²) in [6.07, 6.45) is 1.55. The number of hydrogen-bond acceptors (Lipinski definition) is 6. The molecule has 4 rings (SSSR count). The average Bonchev–Trinajstić information content (AvgIpc) is 3.33. The molecule has 1 aliphatic rings. The fraction of sp³-hybridized carbons (Fsp3) is 0.455. The zero-order valence-corrected chi connectivity index (χ0v) is 18.3. The summed E-state index contributed by atoms with van der Waals surface area (Å²) in [7, 11) is 0. The Bertz CT molecular complexity index is 1160. The third-order valence-corrected chi connectivity index (χ3v) is 4.97. The number of carbonyl (C=O) groups excluding carboxylic acids is 1. The highest BCUT2D eigenvalue weighted by Crippen LogP contribution is 2.30. The Hall–Kier alpha value is -3.23. The SMILES string of the molecule is CC(C)n1ncc2ccc(-c3noc(C4=C(F)CN(C(=O)OC(C)(C)C)CC4)n3)cc21. The maximum Gasteiger partial charge on any atom is 0.410 e. The zero-order chi connectivity index (χ0) is 22.3. The van der Waals surface area contributed by atoms with Crippen molar-refractivity contribution >= 4 is 22.6 Å². The molecule has 0 unspecified atom stereocenters. The fourth-order valence-corrected chi connectivity index (χ4v) is 3.48. The molecule has 2 aromatic heterocycles. The first-order chi connectivity index (χ1) is 14.6. The summed E-state index contributed by atoms with van der Waals surface area (Å²) in [6.45, 7) is 9.58. The van der Waals surface area contributed by atoms with E-state index >= 15 is 0 Å². The first-order valence-corrected chi connectivity index (χ1v) is 10.3. The second kappa shape index (κ2) is 7.79. The van der Waals surface area contributed by atoms with Gasteiger partial charge in [0.25, 0.3) is 5.89 Å². The number of rotatable bonds is 3. The Kier molecular flexibility index (Phi) is 5.28. The standard InChI is InChI=1S/C22H26FN5O3/c1-13(2)28-18-10-14(6-7-15(18)11-24-28)19-25-20(31-26-19)16-8-9-27(12-17(16)23)21(29)30-22(3,4)5/h6-7,10-11,13H,8-9,12H2,1-5H3. The number of nitrogens with zero attached hydrogens (tertiary/aromatic N) is 5. The van der Waals surface area contributed by atoms with Gasteiger partial charge < -0.3 is 14.2 Å². The van der Waals surface area contributed by atoms with Gasteiger partial charge in [0.05, 0.1) is 23.8 Å². The van der Waals surface area contributed by atoms with Crippen molar-refractivity contribution in [2.24, 2.45) is 0 Å². The van der Waals surface area contributed by atoms with Gasteiger partial charge in [-0.05, 0) is 47.1 Å². The molecule has 0 fully saturated rings. The number of amides is 1. The average molecular weight is 427 g/mol. The zero-order valence-electron chi connectivity index (χ0n) is 18.3. The predicted octanol–water partition coefficient (Wildman–Crippen LogP) is 4.99. The number of hydrogen-bond donors (Lipinski definition) is 0. The molecule has 3 heterocycles. The van der Waals surface area contributed by atoms with Crippen LogP contribution in [-0.2, 0) is 4.74 Å². The quantitative estimate of drug-likeness (QED) is 0.585. The van der Waals surface area contributed by atoms with Crippen molar-refractivity contribution in [3.8, 4) is 11.4 Å². The van der Waals surface area contributed by atoms with Crippen LogP contribution in [0.15, 0.2) is 34.7 Å². The molecule has 0 atom stereocenters. The van der Waals surface area contributed by atoms with Gasteiger partial charge in [0.15, 0.2) is 0 Å². The van der Waals surface area contributed by atoms with Crippen molar-refractivity contribution in [3.63, 3.8) is 0 Å². The number of benzene rings is 1. The molecule has 164 valence electrons. The van der Waals surface area contributed by atoms with Gasteiger partial charge in [0.1, 0.15) is 11.4 Å². The van der Waals surface area contributed by atoms with Crippen molar-refractivity contribution in [1.82, 2.24) is 24.8 Å². The Morgan fingerprint density at radius 2 is 2.06 bits per heavy atom. The summed E-state index contributed by atoms with van der Waals surface area (Å²) < 4.78 is 27.4. The van der Waals surface area contributed by atoms with Crippen molar-refractivity contribution in [2.75, 3.05) is 13.1 Å². The maximum atomic E-state index is 14.8.